The molecule has 0 aromatic carbocycles. The van der Waals surface area contributed by atoms with E-state index in [4.69, 9.17) is 0 Å². The fraction of sp³-hybridized carbons (Fsp3) is 0.700. The van der Waals surface area contributed by atoms with Crippen molar-refractivity contribution in [2.45, 2.75) is 33.2 Å². The SMILES string of the molecule is COC(=O)C1=CC(C)(C(C)(C)C)N=N1. The Balaban J connectivity index is 2.97. The molecule has 0 bridgehead atoms. The van der Waals surface area contributed by atoms with E-state index in [1.165, 1.54) is 7.11 Å². The van der Waals surface area contributed by atoms with Crippen molar-refractivity contribution in [1.82, 2.24) is 0 Å². The minimum absolute atomic E-state index is 0.0632. The second-order valence-electron chi connectivity index (χ2n) is 4.62. The van der Waals surface area contributed by atoms with E-state index in [-0.39, 0.29) is 5.41 Å². The highest BCUT2D eigenvalue weighted by atomic mass is 16.5. The van der Waals surface area contributed by atoms with Crippen molar-refractivity contribution >= 4 is 5.97 Å². The van der Waals surface area contributed by atoms with E-state index in [2.05, 4.69) is 35.7 Å². The molecule has 1 unspecified atom stereocenters. The van der Waals surface area contributed by atoms with Gasteiger partial charge >= 0.3 is 5.97 Å². The van der Waals surface area contributed by atoms with Gasteiger partial charge in [-0.2, -0.15) is 5.11 Å². The van der Waals surface area contributed by atoms with Crippen molar-refractivity contribution in [2.75, 3.05) is 7.11 Å². The number of methoxy groups -OCH3 is 1. The summed E-state index contributed by atoms with van der Waals surface area (Å²) in [7, 11) is 1.34. The average Bonchev–Trinajstić information content (AvgIpc) is 2.47. The van der Waals surface area contributed by atoms with Gasteiger partial charge in [0, 0.05) is 0 Å². The van der Waals surface area contributed by atoms with Gasteiger partial charge in [0.2, 0.25) is 0 Å². The summed E-state index contributed by atoms with van der Waals surface area (Å²) in [6, 6.07) is 0. The molecule has 0 spiro atoms. The van der Waals surface area contributed by atoms with Crippen LogP contribution in [0.4, 0.5) is 0 Å². The van der Waals surface area contributed by atoms with Crippen LogP contribution in [0.25, 0.3) is 0 Å². The lowest BCUT2D eigenvalue weighted by atomic mass is 9.75. The Kier molecular flexibility index (Phi) is 2.48. The van der Waals surface area contributed by atoms with Gasteiger partial charge in [-0.15, -0.1) is 5.11 Å². The smallest absolute Gasteiger partial charge is 0.358 e. The molecule has 0 N–H and O–H groups in total. The van der Waals surface area contributed by atoms with Gasteiger partial charge in [0.15, 0.2) is 5.70 Å². The lowest BCUT2D eigenvalue weighted by Gasteiger charge is -2.32. The summed E-state index contributed by atoms with van der Waals surface area (Å²) >= 11 is 0. The van der Waals surface area contributed by atoms with Gasteiger partial charge in [-0.1, -0.05) is 20.8 Å². The molecule has 0 aliphatic carbocycles. The van der Waals surface area contributed by atoms with E-state index >= 15 is 0 Å². The second-order valence-corrected chi connectivity index (χ2v) is 4.62. The molecule has 0 radical (unpaired) electrons. The summed E-state index contributed by atoms with van der Waals surface area (Å²) in [4.78, 5) is 11.2. The maximum absolute atomic E-state index is 11.2. The second kappa shape index (κ2) is 3.19. The summed E-state index contributed by atoms with van der Waals surface area (Å²) in [6.45, 7) is 8.13. The number of esters is 1. The maximum atomic E-state index is 11.2. The lowest BCUT2D eigenvalue weighted by Crippen LogP contribution is -2.34. The van der Waals surface area contributed by atoms with Crippen LogP contribution in [-0.4, -0.2) is 18.6 Å². The van der Waals surface area contributed by atoms with Crippen LogP contribution < -0.4 is 0 Å². The van der Waals surface area contributed by atoms with Crippen molar-refractivity contribution in [3.05, 3.63) is 11.8 Å². The van der Waals surface area contributed by atoms with Gasteiger partial charge < -0.3 is 4.74 Å². The molecule has 1 aliphatic heterocycles. The molecular formula is C10H16N2O2. The van der Waals surface area contributed by atoms with Crippen molar-refractivity contribution < 1.29 is 9.53 Å². The predicted octanol–water partition coefficient (Wildman–Crippen LogP) is 2.31. The predicted molar refractivity (Wildman–Crippen MR) is 52.8 cm³/mol. The van der Waals surface area contributed by atoms with E-state index in [1.807, 2.05) is 6.92 Å². The van der Waals surface area contributed by atoms with Gasteiger partial charge in [-0.05, 0) is 18.4 Å². The molecule has 1 rings (SSSR count). The van der Waals surface area contributed by atoms with Crippen LogP contribution in [0.2, 0.25) is 0 Å². The van der Waals surface area contributed by atoms with E-state index in [0.717, 1.165) is 0 Å². The fourth-order valence-corrected chi connectivity index (χ4v) is 1.05. The number of carbonyl (C=O) groups excluding carboxylic acids is 1. The molecular weight excluding hydrogens is 180 g/mol. The summed E-state index contributed by atoms with van der Waals surface area (Å²) < 4.78 is 4.58. The first-order valence-electron chi connectivity index (χ1n) is 4.54. The molecule has 1 atom stereocenters. The third kappa shape index (κ3) is 1.69. The van der Waals surface area contributed by atoms with Crippen molar-refractivity contribution in [1.29, 1.82) is 0 Å². The maximum Gasteiger partial charge on any atom is 0.358 e. The topological polar surface area (TPSA) is 51.0 Å². The van der Waals surface area contributed by atoms with Crippen molar-refractivity contribution in [3.8, 4) is 0 Å². The summed E-state index contributed by atoms with van der Waals surface area (Å²) in [5.74, 6) is -0.429. The highest BCUT2D eigenvalue weighted by molar-refractivity contribution is 5.88. The van der Waals surface area contributed by atoms with Crippen LogP contribution in [0.1, 0.15) is 27.7 Å². The monoisotopic (exact) mass is 196 g/mol. The molecule has 0 saturated heterocycles. The average molecular weight is 196 g/mol. The number of azo groups is 1. The first-order valence-corrected chi connectivity index (χ1v) is 4.54. The quantitative estimate of drug-likeness (QED) is 0.604. The number of hydrogen-bond acceptors (Lipinski definition) is 4. The van der Waals surface area contributed by atoms with Crippen LogP contribution in [-0.2, 0) is 9.53 Å². The number of rotatable bonds is 1. The summed E-state index contributed by atoms with van der Waals surface area (Å²) in [5, 5.41) is 7.96. The molecule has 4 nitrogen and oxygen atoms in total. The summed E-state index contributed by atoms with van der Waals surface area (Å²) in [5.41, 5.74) is -0.187. The normalized spacial score (nSPS) is 26.2. The zero-order chi connectivity index (χ0) is 11.0. The molecule has 1 aliphatic rings. The number of nitrogens with zero attached hydrogens (tertiary/aromatic N) is 2. The number of ether oxygens (including phenoxy) is 1. The first-order chi connectivity index (χ1) is 6.30. The lowest BCUT2D eigenvalue weighted by molar-refractivity contribution is -0.136. The van der Waals surface area contributed by atoms with E-state index in [1.54, 1.807) is 6.08 Å². The van der Waals surface area contributed by atoms with Crippen LogP contribution in [0.15, 0.2) is 22.0 Å². The molecule has 4 heteroatoms. The highest BCUT2D eigenvalue weighted by Gasteiger charge is 2.40. The molecule has 0 saturated carbocycles. The Labute approximate surface area is 84.1 Å². The molecule has 0 fully saturated rings. The number of hydrogen-bond donors (Lipinski definition) is 0. The summed E-state index contributed by atoms with van der Waals surface area (Å²) in [6.07, 6.45) is 1.76. The van der Waals surface area contributed by atoms with Crippen LogP contribution >= 0.6 is 0 Å². The number of carbonyl (C=O) groups is 1. The third-order valence-corrected chi connectivity index (χ3v) is 2.70. The molecule has 78 valence electrons. The Morgan fingerprint density at radius 3 is 2.43 bits per heavy atom. The van der Waals surface area contributed by atoms with Gasteiger partial charge in [0.1, 0.15) is 5.54 Å². The standard InChI is InChI=1S/C10H16N2O2/c1-9(2,3)10(4)6-7(11-12-10)8(13)14-5/h6H,1-5H3. The van der Waals surface area contributed by atoms with Crippen molar-refractivity contribution in [2.24, 2.45) is 15.6 Å². The molecule has 0 aromatic rings. The molecule has 1 heterocycles. The van der Waals surface area contributed by atoms with E-state index in [9.17, 15) is 4.79 Å². The third-order valence-electron chi connectivity index (χ3n) is 2.70. The van der Waals surface area contributed by atoms with Gasteiger partial charge in [-0.25, -0.2) is 4.79 Å². The minimum atomic E-state index is -0.429. The molecule has 0 amide bonds. The fourth-order valence-electron chi connectivity index (χ4n) is 1.05. The van der Waals surface area contributed by atoms with E-state index in [0.29, 0.717) is 5.70 Å². The highest BCUT2D eigenvalue weighted by Crippen LogP contribution is 2.39. The van der Waals surface area contributed by atoms with Gasteiger partial charge in [0.25, 0.3) is 0 Å². The van der Waals surface area contributed by atoms with Gasteiger partial charge in [-0.3, -0.25) is 0 Å². The Hall–Kier alpha value is -1.19. The minimum Gasteiger partial charge on any atom is -0.464 e. The van der Waals surface area contributed by atoms with E-state index < -0.39 is 11.5 Å². The van der Waals surface area contributed by atoms with Gasteiger partial charge in [0.05, 0.1) is 7.11 Å². The van der Waals surface area contributed by atoms with Crippen LogP contribution in [0, 0.1) is 5.41 Å². The molecule has 14 heavy (non-hydrogen) atoms. The zero-order valence-corrected chi connectivity index (χ0v) is 9.29. The van der Waals surface area contributed by atoms with Crippen LogP contribution in [0.5, 0.6) is 0 Å². The Bertz CT molecular complexity index is 313. The Morgan fingerprint density at radius 2 is 2.07 bits per heavy atom. The molecule has 0 aromatic heterocycles. The largest absolute Gasteiger partial charge is 0.464 e. The zero-order valence-electron chi connectivity index (χ0n) is 9.29. The van der Waals surface area contributed by atoms with Crippen LogP contribution in [0.3, 0.4) is 0 Å². The van der Waals surface area contributed by atoms with Crippen molar-refractivity contribution in [3.63, 3.8) is 0 Å². The first kappa shape index (κ1) is 10.9. The Morgan fingerprint density at radius 1 is 1.50 bits per heavy atom.